The van der Waals surface area contributed by atoms with Crippen LogP contribution in [0.5, 0.6) is 0 Å². The van der Waals surface area contributed by atoms with Crippen molar-refractivity contribution in [2.24, 2.45) is 11.3 Å². The molecule has 0 aromatic rings. The van der Waals surface area contributed by atoms with E-state index < -0.39 is 44.3 Å². The van der Waals surface area contributed by atoms with E-state index in [1.54, 1.807) is 27.7 Å². The average molecular weight is 397 g/mol. The summed E-state index contributed by atoms with van der Waals surface area (Å²) in [5.74, 6) is -1.83. The summed E-state index contributed by atoms with van der Waals surface area (Å²) in [7, 11) is -2.90. The van der Waals surface area contributed by atoms with Crippen LogP contribution in [-0.4, -0.2) is 55.9 Å². The molecule has 0 spiro atoms. The number of ether oxygens (including phenoxy) is 2. The van der Waals surface area contributed by atoms with E-state index >= 15 is 0 Å². The fourth-order valence-electron chi connectivity index (χ4n) is 1.99. The van der Waals surface area contributed by atoms with Crippen molar-refractivity contribution in [3.63, 3.8) is 0 Å². The fraction of sp³-hybridized carbons (Fsp3) is 0.800. The number of amides is 1. The van der Waals surface area contributed by atoms with Gasteiger partial charge in [-0.1, -0.05) is 0 Å². The molecule has 1 amide bonds. The standard InChI is InChI=1S/C15H28NO9P/c1-10(2)14(19)22-9-24-26(20)23-8-15(3,4)12(25-26)13(18)16-7-6-11(17)21-5/h10,12,20,26H,6-9H2,1-5H3,(H,16,18)/t12-/m0/s1. The van der Waals surface area contributed by atoms with Crippen molar-refractivity contribution in [1.29, 1.82) is 0 Å². The Labute approximate surface area is 153 Å². The molecule has 26 heavy (non-hydrogen) atoms. The first kappa shape index (κ1) is 22.7. The van der Waals surface area contributed by atoms with Gasteiger partial charge >= 0.3 is 152 Å². The Balaban J connectivity index is 2.61. The summed E-state index contributed by atoms with van der Waals surface area (Å²) in [6, 6.07) is 0. The van der Waals surface area contributed by atoms with Gasteiger partial charge in [0.1, 0.15) is 0 Å². The van der Waals surface area contributed by atoms with Gasteiger partial charge in [0.2, 0.25) is 0 Å². The first-order chi connectivity index (χ1) is 12.0. The van der Waals surface area contributed by atoms with Crippen LogP contribution in [0.3, 0.4) is 0 Å². The Hall–Kier alpha value is -1.32. The van der Waals surface area contributed by atoms with Crippen molar-refractivity contribution in [2.45, 2.75) is 40.2 Å². The van der Waals surface area contributed by atoms with Gasteiger partial charge in [0.25, 0.3) is 0 Å². The van der Waals surface area contributed by atoms with E-state index in [1.165, 1.54) is 7.11 Å². The maximum atomic E-state index is 12.4. The SMILES string of the molecule is COC(=O)CCNC(=O)[C@@H]1O[PH](O)(OCOC(=O)C(C)C)OCC1(C)C. The van der Waals surface area contributed by atoms with Crippen LogP contribution in [0.15, 0.2) is 0 Å². The van der Waals surface area contributed by atoms with Crippen LogP contribution in [-0.2, 0) is 37.4 Å². The summed E-state index contributed by atoms with van der Waals surface area (Å²) in [5.41, 5.74) is -0.744. The van der Waals surface area contributed by atoms with Crippen LogP contribution in [0.1, 0.15) is 34.1 Å². The van der Waals surface area contributed by atoms with Gasteiger partial charge in [0, 0.05) is 0 Å². The van der Waals surface area contributed by atoms with E-state index in [-0.39, 0.29) is 25.5 Å². The van der Waals surface area contributed by atoms with Gasteiger partial charge in [-0.15, -0.1) is 0 Å². The average Bonchev–Trinajstić information content (AvgIpc) is 2.56. The van der Waals surface area contributed by atoms with Gasteiger partial charge in [-0.25, -0.2) is 0 Å². The molecule has 0 aliphatic carbocycles. The molecule has 0 saturated carbocycles. The van der Waals surface area contributed by atoms with Gasteiger partial charge in [0.05, 0.1) is 0 Å². The van der Waals surface area contributed by atoms with Gasteiger partial charge < -0.3 is 0 Å². The van der Waals surface area contributed by atoms with E-state index in [0.717, 1.165) is 0 Å². The zero-order valence-electron chi connectivity index (χ0n) is 15.7. The molecule has 10 nitrogen and oxygen atoms in total. The molecule has 1 atom stereocenters. The van der Waals surface area contributed by atoms with Crippen LogP contribution >= 0.6 is 8.17 Å². The number of methoxy groups -OCH3 is 1. The van der Waals surface area contributed by atoms with E-state index in [0.29, 0.717) is 0 Å². The molecule has 1 aliphatic rings. The Kier molecular flexibility index (Phi) is 8.36. The number of hydrogen-bond acceptors (Lipinski definition) is 9. The fourth-order valence-corrected chi connectivity index (χ4v) is 3.70. The van der Waals surface area contributed by atoms with Crippen molar-refractivity contribution in [2.75, 3.05) is 27.1 Å². The van der Waals surface area contributed by atoms with Crippen molar-refractivity contribution >= 4 is 26.0 Å². The molecule has 1 fully saturated rings. The van der Waals surface area contributed by atoms with Gasteiger partial charge in [-0.05, 0) is 0 Å². The first-order valence-corrected chi connectivity index (χ1v) is 9.87. The Morgan fingerprint density at radius 3 is 2.58 bits per heavy atom. The number of nitrogens with one attached hydrogen (secondary N) is 1. The Bertz CT molecular complexity index is 525. The molecule has 1 saturated heterocycles. The summed E-state index contributed by atoms with van der Waals surface area (Å²) in [6.45, 7) is 6.28. The van der Waals surface area contributed by atoms with E-state index in [1.807, 2.05) is 0 Å². The first-order valence-electron chi connectivity index (χ1n) is 8.20. The minimum atomic E-state index is -4.15. The number of carbonyl (C=O) groups excluding carboxylic acids is 3. The van der Waals surface area contributed by atoms with Gasteiger partial charge in [-0.3, -0.25) is 0 Å². The second-order valence-corrected chi connectivity index (χ2v) is 8.66. The molecule has 0 bridgehead atoms. The maximum absolute atomic E-state index is 12.4. The summed E-state index contributed by atoms with van der Waals surface area (Å²) < 4.78 is 25.1. The molecular weight excluding hydrogens is 369 g/mol. The number of esters is 2. The quantitative estimate of drug-likeness (QED) is 0.345. The third kappa shape index (κ3) is 6.77. The molecule has 152 valence electrons. The summed E-state index contributed by atoms with van der Waals surface area (Å²) in [5, 5.41) is 2.55. The second-order valence-electron chi connectivity index (χ2n) is 6.80. The summed E-state index contributed by atoms with van der Waals surface area (Å²) in [4.78, 5) is 45.2. The Morgan fingerprint density at radius 1 is 1.35 bits per heavy atom. The van der Waals surface area contributed by atoms with E-state index in [4.69, 9.17) is 18.3 Å². The molecule has 1 aliphatic heterocycles. The predicted octanol–water partition coefficient (Wildman–Crippen LogP) is 0.683. The van der Waals surface area contributed by atoms with Gasteiger partial charge in [0.15, 0.2) is 0 Å². The number of carbonyl (C=O) groups is 3. The molecule has 1 heterocycles. The van der Waals surface area contributed by atoms with Crippen molar-refractivity contribution in [3.8, 4) is 0 Å². The molecule has 0 radical (unpaired) electrons. The summed E-state index contributed by atoms with van der Waals surface area (Å²) >= 11 is 0. The molecule has 11 heteroatoms. The van der Waals surface area contributed by atoms with E-state index in [9.17, 15) is 19.3 Å². The van der Waals surface area contributed by atoms with Gasteiger partial charge in [-0.2, -0.15) is 0 Å². The molecule has 0 aromatic heterocycles. The van der Waals surface area contributed by atoms with Crippen molar-refractivity contribution in [3.05, 3.63) is 0 Å². The van der Waals surface area contributed by atoms with Crippen molar-refractivity contribution in [1.82, 2.24) is 5.32 Å². The molecule has 2 N–H and O–H groups in total. The van der Waals surface area contributed by atoms with Crippen LogP contribution < -0.4 is 5.32 Å². The predicted molar refractivity (Wildman–Crippen MR) is 91.7 cm³/mol. The topological polar surface area (TPSA) is 130 Å². The number of rotatable bonds is 8. The second kappa shape index (κ2) is 9.57. The molecule has 0 aromatic carbocycles. The van der Waals surface area contributed by atoms with Crippen LogP contribution in [0.25, 0.3) is 0 Å². The third-order valence-corrected chi connectivity index (χ3v) is 5.14. The molecule has 0 unspecified atom stereocenters. The number of hydrogen-bond donors (Lipinski definition) is 2. The minimum absolute atomic E-state index is 0.00291. The zero-order chi connectivity index (χ0) is 20.0. The van der Waals surface area contributed by atoms with Crippen LogP contribution in [0.4, 0.5) is 0 Å². The third-order valence-electron chi connectivity index (χ3n) is 3.61. The van der Waals surface area contributed by atoms with Crippen LogP contribution in [0.2, 0.25) is 0 Å². The Morgan fingerprint density at radius 2 is 2.00 bits per heavy atom. The normalized spacial score (nSPS) is 22.3. The monoisotopic (exact) mass is 397 g/mol. The molecule has 1 rings (SSSR count). The van der Waals surface area contributed by atoms with E-state index in [2.05, 4.69) is 10.1 Å². The summed E-state index contributed by atoms with van der Waals surface area (Å²) in [6.07, 6.45) is -1.05. The van der Waals surface area contributed by atoms with Crippen molar-refractivity contribution < 1.29 is 42.3 Å². The van der Waals surface area contributed by atoms with Crippen LogP contribution in [0, 0.1) is 11.3 Å². The zero-order valence-corrected chi connectivity index (χ0v) is 16.7. The molecular formula is C15H28NO9P.